The molecule has 0 spiro atoms. The summed E-state index contributed by atoms with van der Waals surface area (Å²) in [5.41, 5.74) is 0. The van der Waals surface area contributed by atoms with E-state index in [4.69, 9.17) is 11.6 Å². The molecule has 1 aromatic rings. The third-order valence-electron chi connectivity index (χ3n) is 5.18. The van der Waals surface area contributed by atoms with Crippen molar-refractivity contribution in [1.82, 2.24) is 24.3 Å². The highest BCUT2D eigenvalue weighted by atomic mass is 35.5. The molecule has 0 radical (unpaired) electrons. The average molecular weight is 354 g/mol. The van der Waals surface area contributed by atoms with Gasteiger partial charge in [-0.15, -0.1) is 0 Å². The fraction of sp³-hybridized carbons (Fsp3) is 0.765. The second-order valence-electron chi connectivity index (χ2n) is 6.90. The van der Waals surface area contributed by atoms with Crippen LogP contribution in [-0.2, 0) is 18.4 Å². The van der Waals surface area contributed by atoms with E-state index >= 15 is 0 Å². The number of imidazole rings is 1. The largest absolute Gasteiger partial charge is 0.342 e. The van der Waals surface area contributed by atoms with Crippen LogP contribution in [0, 0.1) is 0 Å². The molecule has 0 aromatic carbocycles. The molecule has 1 amide bonds. The number of hydrogen-bond donors (Lipinski definition) is 0. The minimum absolute atomic E-state index is 0.307. The predicted octanol–water partition coefficient (Wildman–Crippen LogP) is 1.59. The first kappa shape index (κ1) is 17.7. The maximum absolute atomic E-state index is 12.5. The molecular formula is C17H28ClN5O. The van der Waals surface area contributed by atoms with E-state index in [1.807, 2.05) is 11.6 Å². The Kier molecular flexibility index (Phi) is 6.14. The molecule has 0 atom stereocenters. The van der Waals surface area contributed by atoms with Crippen molar-refractivity contribution in [3.05, 3.63) is 17.2 Å². The van der Waals surface area contributed by atoms with Crippen molar-refractivity contribution in [2.75, 3.05) is 45.8 Å². The van der Waals surface area contributed by atoms with Crippen LogP contribution in [-0.4, -0.2) is 76.0 Å². The minimum atomic E-state index is 0.307. The van der Waals surface area contributed by atoms with Crippen molar-refractivity contribution >= 4 is 17.5 Å². The maximum atomic E-state index is 12.5. The molecule has 2 aliphatic rings. The quantitative estimate of drug-likeness (QED) is 0.824. The van der Waals surface area contributed by atoms with E-state index in [0.29, 0.717) is 17.6 Å². The third kappa shape index (κ3) is 4.49. The van der Waals surface area contributed by atoms with E-state index in [1.165, 1.54) is 12.8 Å². The number of likely N-dealkylation sites (tertiary alicyclic amines) is 1. The summed E-state index contributed by atoms with van der Waals surface area (Å²) in [6.45, 7) is 7.10. The van der Waals surface area contributed by atoms with Gasteiger partial charge in [-0.2, -0.15) is 0 Å². The molecule has 2 fully saturated rings. The Morgan fingerprint density at radius 1 is 1.04 bits per heavy atom. The normalized spacial score (nSPS) is 21.0. The topological polar surface area (TPSA) is 44.6 Å². The predicted molar refractivity (Wildman–Crippen MR) is 95.0 cm³/mol. The van der Waals surface area contributed by atoms with Gasteiger partial charge in [0, 0.05) is 46.3 Å². The third-order valence-corrected chi connectivity index (χ3v) is 5.53. The summed E-state index contributed by atoms with van der Waals surface area (Å²) >= 11 is 6.04. The number of halogens is 1. The number of rotatable bonds is 4. The first-order valence-corrected chi connectivity index (χ1v) is 9.40. The van der Waals surface area contributed by atoms with E-state index in [9.17, 15) is 4.79 Å². The Balaban J connectivity index is 1.43. The lowest BCUT2D eigenvalue weighted by atomic mass is 10.2. The van der Waals surface area contributed by atoms with Crippen LogP contribution in [0.3, 0.4) is 0 Å². The Morgan fingerprint density at radius 3 is 2.25 bits per heavy atom. The Labute approximate surface area is 149 Å². The fourth-order valence-electron chi connectivity index (χ4n) is 3.49. The van der Waals surface area contributed by atoms with Gasteiger partial charge in [0.15, 0.2) is 0 Å². The zero-order chi connectivity index (χ0) is 16.9. The molecular weight excluding hydrogens is 326 g/mol. The Hall–Kier alpha value is -1.11. The lowest BCUT2D eigenvalue weighted by Gasteiger charge is -2.35. The number of piperazine rings is 1. The van der Waals surface area contributed by atoms with Crippen molar-refractivity contribution in [3.8, 4) is 0 Å². The molecule has 3 heterocycles. The number of nitrogens with zero attached hydrogens (tertiary/aromatic N) is 5. The molecule has 7 heteroatoms. The van der Waals surface area contributed by atoms with Crippen molar-refractivity contribution in [2.45, 2.75) is 32.2 Å². The van der Waals surface area contributed by atoms with Gasteiger partial charge in [0.2, 0.25) is 5.91 Å². The monoisotopic (exact) mass is 353 g/mol. The van der Waals surface area contributed by atoms with Gasteiger partial charge < -0.3 is 9.47 Å². The highest BCUT2D eigenvalue weighted by Crippen LogP contribution is 2.13. The van der Waals surface area contributed by atoms with Gasteiger partial charge in [-0.25, -0.2) is 4.98 Å². The summed E-state index contributed by atoms with van der Waals surface area (Å²) < 4.78 is 1.93. The van der Waals surface area contributed by atoms with Crippen LogP contribution >= 0.6 is 11.6 Å². The van der Waals surface area contributed by atoms with E-state index in [0.717, 1.165) is 64.5 Å². The number of hydrogen-bond acceptors (Lipinski definition) is 4. The van der Waals surface area contributed by atoms with Crippen molar-refractivity contribution in [3.63, 3.8) is 0 Å². The Bertz CT molecular complexity index is 545. The van der Waals surface area contributed by atoms with Gasteiger partial charge in [0.25, 0.3) is 0 Å². The van der Waals surface area contributed by atoms with Gasteiger partial charge in [0.05, 0.1) is 19.3 Å². The summed E-state index contributed by atoms with van der Waals surface area (Å²) in [7, 11) is 1.95. The fourth-order valence-corrected chi connectivity index (χ4v) is 3.63. The summed E-state index contributed by atoms with van der Waals surface area (Å²) in [5, 5.41) is 0.673. The van der Waals surface area contributed by atoms with Crippen LogP contribution in [0.2, 0.25) is 5.15 Å². The molecule has 6 nitrogen and oxygen atoms in total. The van der Waals surface area contributed by atoms with Gasteiger partial charge in [0.1, 0.15) is 11.0 Å². The zero-order valence-corrected chi connectivity index (χ0v) is 15.3. The van der Waals surface area contributed by atoms with Crippen LogP contribution in [0.15, 0.2) is 6.20 Å². The van der Waals surface area contributed by atoms with E-state index in [2.05, 4.69) is 19.7 Å². The second kappa shape index (κ2) is 8.32. The number of carbonyl (C=O) groups excluding carboxylic acids is 1. The molecule has 0 bridgehead atoms. The van der Waals surface area contributed by atoms with Crippen molar-refractivity contribution < 1.29 is 4.79 Å². The molecule has 0 unspecified atom stereocenters. The lowest BCUT2D eigenvalue weighted by Crippen LogP contribution is -2.50. The molecule has 0 aliphatic carbocycles. The smallest absolute Gasteiger partial charge is 0.236 e. The first-order valence-electron chi connectivity index (χ1n) is 9.02. The maximum Gasteiger partial charge on any atom is 0.236 e. The first-order chi connectivity index (χ1) is 11.6. The molecule has 134 valence electrons. The summed E-state index contributed by atoms with van der Waals surface area (Å²) in [4.78, 5) is 23.6. The number of amides is 1. The molecule has 0 saturated carbocycles. The van der Waals surface area contributed by atoms with Crippen molar-refractivity contribution in [2.24, 2.45) is 7.05 Å². The van der Waals surface area contributed by atoms with Crippen LogP contribution in [0.5, 0.6) is 0 Å². The van der Waals surface area contributed by atoms with Crippen molar-refractivity contribution in [1.29, 1.82) is 0 Å². The summed E-state index contributed by atoms with van der Waals surface area (Å²) in [5.74, 6) is 1.30. The van der Waals surface area contributed by atoms with Crippen LogP contribution < -0.4 is 0 Å². The van der Waals surface area contributed by atoms with Gasteiger partial charge in [-0.3, -0.25) is 14.6 Å². The van der Waals surface area contributed by atoms with Gasteiger partial charge >= 0.3 is 0 Å². The minimum Gasteiger partial charge on any atom is -0.342 e. The highest BCUT2D eigenvalue weighted by molar-refractivity contribution is 6.29. The molecule has 0 N–H and O–H groups in total. The zero-order valence-electron chi connectivity index (χ0n) is 14.6. The van der Waals surface area contributed by atoms with Gasteiger partial charge in [-0.1, -0.05) is 24.4 Å². The summed E-state index contributed by atoms with van der Waals surface area (Å²) in [6, 6.07) is 0. The summed E-state index contributed by atoms with van der Waals surface area (Å²) in [6.07, 6.45) is 6.55. The standard InChI is InChI=1S/C17H28ClN5O/c1-20-15(18)12-19-16(20)13-21-8-10-22(11-9-21)14-17(24)23-6-4-2-3-5-7-23/h12H,2-11,13-14H2,1H3. The SMILES string of the molecule is Cn1c(Cl)cnc1CN1CCN(CC(=O)N2CCCCCC2)CC1. The average Bonchev–Trinajstić information content (AvgIpc) is 2.81. The van der Waals surface area contributed by atoms with E-state index in [-0.39, 0.29) is 0 Å². The van der Waals surface area contributed by atoms with Crippen LogP contribution in [0.1, 0.15) is 31.5 Å². The van der Waals surface area contributed by atoms with Crippen LogP contribution in [0.25, 0.3) is 0 Å². The molecule has 24 heavy (non-hydrogen) atoms. The molecule has 2 aliphatic heterocycles. The molecule has 3 rings (SSSR count). The van der Waals surface area contributed by atoms with E-state index in [1.54, 1.807) is 6.20 Å². The highest BCUT2D eigenvalue weighted by Gasteiger charge is 2.23. The molecule has 2 saturated heterocycles. The van der Waals surface area contributed by atoms with Crippen LogP contribution in [0.4, 0.5) is 0 Å². The number of carbonyl (C=O) groups is 1. The Morgan fingerprint density at radius 2 is 1.67 bits per heavy atom. The second-order valence-corrected chi connectivity index (χ2v) is 7.29. The van der Waals surface area contributed by atoms with E-state index < -0.39 is 0 Å². The number of aromatic nitrogens is 2. The lowest BCUT2D eigenvalue weighted by molar-refractivity contribution is -0.132. The molecule has 1 aromatic heterocycles. The van der Waals surface area contributed by atoms with Gasteiger partial charge in [-0.05, 0) is 12.8 Å².